The van der Waals surface area contributed by atoms with Gasteiger partial charge in [-0.05, 0) is 49.4 Å². The molecule has 612 valence electrons. The third-order valence-electron chi connectivity index (χ3n) is 19.9. The quantitative estimate of drug-likeness (QED) is 0.0222. The van der Waals surface area contributed by atoms with Gasteiger partial charge in [0.25, 0.3) is 0 Å². The molecule has 0 amide bonds. The molecule has 3 N–H and O–H groups in total. The molecule has 0 aromatic rings. The molecule has 0 saturated heterocycles. The molecule has 0 saturated carbocycles. The Morgan fingerprint density at radius 2 is 0.466 bits per heavy atom. The summed E-state index contributed by atoms with van der Waals surface area (Å²) in [5.74, 6) is 1.02. The number of phosphoric ester groups is 2. The molecule has 103 heavy (non-hydrogen) atoms. The molecule has 0 spiro atoms. The second kappa shape index (κ2) is 72.9. The van der Waals surface area contributed by atoms with Crippen molar-refractivity contribution in [1.29, 1.82) is 0 Å². The molecule has 0 rings (SSSR count). The number of rotatable bonds is 81. The van der Waals surface area contributed by atoms with E-state index in [0.717, 1.165) is 120 Å². The lowest BCUT2D eigenvalue weighted by atomic mass is 10.00. The highest BCUT2D eigenvalue weighted by molar-refractivity contribution is 7.47. The molecular weight excluding hydrogens is 1340 g/mol. The lowest BCUT2D eigenvalue weighted by Gasteiger charge is -2.21. The SMILES string of the molecule is CCC(C)CCCCCCCCC(=O)OC[C@H](COP(=O)(O)OC[C@H](O)COP(=O)(O)OC[C@@H](COC(=O)CCCCCCCCCCCCCCCCC(C)C)OC(=O)CCCCCCCCCCCCCCC(C)C)OC(=O)CCCCCCCCCCCCCCCCCCCCC(C)C. The summed E-state index contributed by atoms with van der Waals surface area (Å²) in [5, 5.41) is 10.7. The van der Waals surface area contributed by atoms with Gasteiger partial charge in [-0.15, -0.1) is 0 Å². The molecule has 0 aliphatic heterocycles. The molecule has 0 aliphatic rings. The van der Waals surface area contributed by atoms with Crippen molar-refractivity contribution in [3.8, 4) is 0 Å². The van der Waals surface area contributed by atoms with Crippen LogP contribution >= 0.6 is 15.6 Å². The van der Waals surface area contributed by atoms with E-state index in [9.17, 15) is 43.2 Å². The highest BCUT2D eigenvalue weighted by atomic mass is 31.2. The zero-order chi connectivity index (χ0) is 76.0. The van der Waals surface area contributed by atoms with Crippen LogP contribution in [0.15, 0.2) is 0 Å². The lowest BCUT2D eigenvalue weighted by molar-refractivity contribution is -0.161. The molecule has 0 aromatic carbocycles. The minimum atomic E-state index is -4.96. The van der Waals surface area contributed by atoms with Gasteiger partial charge >= 0.3 is 39.5 Å². The van der Waals surface area contributed by atoms with E-state index in [-0.39, 0.29) is 25.7 Å². The number of carbonyl (C=O) groups excluding carboxylic acids is 4. The normalized spacial score (nSPS) is 14.2. The van der Waals surface area contributed by atoms with Gasteiger partial charge in [-0.3, -0.25) is 37.3 Å². The molecule has 0 aromatic heterocycles. The van der Waals surface area contributed by atoms with E-state index >= 15 is 0 Å². The van der Waals surface area contributed by atoms with E-state index in [2.05, 4.69) is 55.4 Å². The van der Waals surface area contributed by atoms with Crippen LogP contribution in [0.1, 0.15) is 434 Å². The highest BCUT2D eigenvalue weighted by Crippen LogP contribution is 2.45. The third-order valence-corrected chi connectivity index (χ3v) is 21.8. The summed E-state index contributed by atoms with van der Waals surface area (Å²) in [6, 6.07) is 0. The molecule has 0 heterocycles. The minimum Gasteiger partial charge on any atom is -0.462 e. The van der Waals surface area contributed by atoms with E-state index < -0.39 is 97.5 Å². The smallest absolute Gasteiger partial charge is 0.462 e. The number of hydrogen-bond donors (Lipinski definition) is 3. The predicted molar refractivity (Wildman–Crippen MR) is 423 cm³/mol. The summed E-state index contributed by atoms with van der Waals surface area (Å²) in [4.78, 5) is 73.1. The predicted octanol–water partition coefficient (Wildman–Crippen LogP) is 25.2. The molecule has 6 atom stereocenters. The zero-order valence-corrected chi connectivity index (χ0v) is 69.7. The van der Waals surface area contributed by atoms with Gasteiger partial charge in [0, 0.05) is 25.7 Å². The monoisotopic (exact) mass is 1510 g/mol. The van der Waals surface area contributed by atoms with Crippen LogP contribution in [0.25, 0.3) is 0 Å². The molecule has 19 heteroatoms. The summed E-state index contributed by atoms with van der Waals surface area (Å²) in [6.45, 7) is 14.3. The number of aliphatic hydroxyl groups excluding tert-OH is 1. The van der Waals surface area contributed by atoms with Crippen molar-refractivity contribution in [1.82, 2.24) is 0 Å². The second-order valence-corrected chi connectivity index (χ2v) is 34.8. The molecular formula is C84H164O17P2. The maximum atomic E-state index is 13.1. The Balaban J connectivity index is 5.21. The van der Waals surface area contributed by atoms with Crippen LogP contribution in [-0.2, 0) is 65.4 Å². The Kier molecular flexibility index (Phi) is 71.5. The standard InChI is InChI=1S/C84H164O17P2/c1-9-77(8)63-55-47-42-43-49-57-65-82(87)95-71-80(101-84(89)66-58-50-40-34-28-21-15-13-11-10-12-14-18-24-30-36-44-52-60-74(2)3)73-99-103(92,93)97-69-78(85)68-96-102(90,91)98-72-79(100-83(88)67-59-51-41-35-29-23-22-26-32-38-46-54-62-76(6)7)70-94-81(86)64-56-48-39-33-27-20-17-16-19-25-31-37-45-53-61-75(4)5/h74-80,85H,9-73H2,1-8H3,(H,90,91)(H,92,93)/t77?,78-,79-,80-/m1/s1. The largest absolute Gasteiger partial charge is 0.472 e. The molecule has 0 aliphatic carbocycles. The molecule has 3 unspecified atom stereocenters. The van der Waals surface area contributed by atoms with Gasteiger partial charge in [0.05, 0.1) is 26.4 Å². The van der Waals surface area contributed by atoms with E-state index in [1.165, 1.54) is 231 Å². The highest BCUT2D eigenvalue weighted by Gasteiger charge is 2.30. The van der Waals surface area contributed by atoms with E-state index in [1.807, 2.05) is 0 Å². The fourth-order valence-electron chi connectivity index (χ4n) is 12.9. The number of unbranched alkanes of at least 4 members (excludes halogenated alkanes) is 46. The summed E-state index contributed by atoms with van der Waals surface area (Å²) in [5.41, 5.74) is 0. The van der Waals surface area contributed by atoms with Gasteiger partial charge < -0.3 is 33.8 Å². The number of hydrogen-bond acceptors (Lipinski definition) is 15. The van der Waals surface area contributed by atoms with Gasteiger partial charge in [-0.25, -0.2) is 9.13 Å². The fraction of sp³-hybridized carbons (Fsp3) is 0.952. The summed E-state index contributed by atoms with van der Waals surface area (Å²) in [7, 11) is -9.93. The van der Waals surface area contributed by atoms with Gasteiger partial charge in [0.2, 0.25) is 0 Å². The first-order chi connectivity index (χ1) is 49.6. The van der Waals surface area contributed by atoms with Crippen molar-refractivity contribution in [3.05, 3.63) is 0 Å². The van der Waals surface area contributed by atoms with Crippen LogP contribution in [-0.4, -0.2) is 96.7 Å². The molecule has 0 bridgehead atoms. The van der Waals surface area contributed by atoms with Gasteiger partial charge in [0.1, 0.15) is 19.3 Å². The Bertz CT molecular complexity index is 2010. The second-order valence-electron chi connectivity index (χ2n) is 31.9. The van der Waals surface area contributed by atoms with Gasteiger partial charge in [-0.2, -0.15) is 0 Å². The van der Waals surface area contributed by atoms with Crippen LogP contribution < -0.4 is 0 Å². The van der Waals surface area contributed by atoms with Crippen molar-refractivity contribution in [2.75, 3.05) is 39.6 Å². The Morgan fingerprint density at radius 1 is 0.272 bits per heavy atom. The van der Waals surface area contributed by atoms with Gasteiger partial charge in [0.15, 0.2) is 12.2 Å². The number of esters is 4. The third kappa shape index (κ3) is 76.6. The average Bonchev–Trinajstić information content (AvgIpc) is 0.909. The van der Waals surface area contributed by atoms with Crippen molar-refractivity contribution in [2.45, 2.75) is 453 Å². The maximum absolute atomic E-state index is 13.1. The molecule has 0 fully saturated rings. The topological polar surface area (TPSA) is 237 Å². The molecule has 17 nitrogen and oxygen atoms in total. The van der Waals surface area contributed by atoms with Crippen LogP contribution in [0.4, 0.5) is 0 Å². The van der Waals surface area contributed by atoms with Crippen molar-refractivity contribution in [3.63, 3.8) is 0 Å². The zero-order valence-electron chi connectivity index (χ0n) is 68.0. The summed E-state index contributed by atoms with van der Waals surface area (Å²) >= 11 is 0. The van der Waals surface area contributed by atoms with Crippen molar-refractivity contribution in [2.24, 2.45) is 23.7 Å². The average molecular weight is 1510 g/mol. The lowest BCUT2D eigenvalue weighted by Crippen LogP contribution is -2.30. The van der Waals surface area contributed by atoms with E-state index in [1.54, 1.807) is 0 Å². The number of aliphatic hydroxyl groups is 1. The summed E-state index contributed by atoms with van der Waals surface area (Å²) in [6.07, 6.45) is 61.1. The molecule has 0 radical (unpaired) electrons. The van der Waals surface area contributed by atoms with Crippen molar-refractivity contribution >= 4 is 39.5 Å². The van der Waals surface area contributed by atoms with E-state index in [4.69, 9.17) is 37.0 Å². The maximum Gasteiger partial charge on any atom is 0.472 e. The minimum absolute atomic E-state index is 0.107. The van der Waals surface area contributed by atoms with Crippen LogP contribution in [0.3, 0.4) is 0 Å². The van der Waals surface area contributed by atoms with E-state index in [0.29, 0.717) is 25.7 Å². The summed E-state index contributed by atoms with van der Waals surface area (Å²) < 4.78 is 68.8. The first-order valence-electron chi connectivity index (χ1n) is 43.2. The van der Waals surface area contributed by atoms with Crippen LogP contribution in [0.5, 0.6) is 0 Å². The van der Waals surface area contributed by atoms with Crippen LogP contribution in [0.2, 0.25) is 0 Å². The Labute approximate surface area is 632 Å². The first kappa shape index (κ1) is 101. The Morgan fingerprint density at radius 3 is 0.689 bits per heavy atom. The number of carbonyl (C=O) groups is 4. The number of phosphoric acid groups is 2. The van der Waals surface area contributed by atoms with Gasteiger partial charge in [-0.1, -0.05) is 383 Å². The van der Waals surface area contributed by atoms with Crippen molar-refractivity contribution < 1.29 is 80.2 Å². The number of ether oxygens (including phenoxy) is 4. The fourth-order valence-corrected chi connectivity index (χ4v) is 14.5. The Hall–Kier alpha value is -1.94. The van der Waals surface area contributed by atoms with Crippen LogP contribution in [0, 0.1) is 23.7 Å². The first-order valence-corrected chi connectivity index (χ1v) is 46.2.